The second-order valence-electron chi connectivity index (χ2n) is 8.45. The molecule has 0 heterocycles. The van der Waals surface area contributed by atoms with Crippen LogP contribution in [0.4, 0.5) is 0 Å². The van der Waals surface area contributed by atoms with Crippen molar-refractivity contribution < 1.29 is 34.8 Å². The number of aliphatic hydroxyl groups is 2. The van der Waals surface area contributed by atoms with Crippen LogP contribution in [0.3, 0.4) is 0 Å². The predicted molar refractivity (Wildman–Crippen MR) is 128 cm³/mol. The molecule has 33 heavy (non-hydrogen) atoms. The molecule has 0 spiro atoms. The Labute approximate surface area is 195 Å². The molecule has 0 aliphatic heterocycles. The lowest BCUT2D eigenvalue weighted by Gasteiger charge is -2.13. The molecule has 2 atom stereocenters. The zero-order valence-electron chi connectivity index (χ0n) is 20.2. The van der Waals surface area contributed by atoms with Crippen molar-refractivity contribution in [2.24, 2.45) is 5.92 Å². The zero-order chi connectivity index (χ0) is 25.7. The van der Waals surface area contributed by atoms with Gasteiger partial charge in [-0.25, -0.2) is 9.59 Å². The summed E-state index contributed by atoms with van der Waals surface area (Å²) in [4.78, 5) is 32.0. The van der Waals surface area contributed by atoms with Gasteiger partial charge in [0, 0.05) is 5.56 Å². The Balaban J connectivity index is 0.000000481. The highest BCUT2D eigenvalue weighted by Gasteiger charge is 2.19. The molecule has 0 aromatic heterocycles. The minimum atomic E-state index is -1.40. The highest BCUT2D eigenvalue weighted by molar-refractivity contribution is 6.40. The number of rotatable bonds is 7. The number of aromatic carboxylic acids is 1. The maximum absolute atomic E-state index is 11.3. The minimum Gasteiger partial charge on any atom is -0.478 e. The molecule has 7 nitrogen and oxygen atoms in total. The lowest BCUT2D eigenvalue weighted by molar-refractivity contribution is -0.131. The predicted octanol–water partition coefficient (Wildman–Crippen LogP) is 4.43. The monoisotopic (exact) mass is 460 g/mol. The number of aliphatic carboxylic acids is 1. The summed E-state index contributed by atoms with van der Waals surface area (Å²) in [6.45, 7) is 11.2. The van der Waals surface area contributed by atoms with Gasteiger partial charge in [-0.1, -0.05) is 49.7 Å². The highest BCUT2D eigenvalue weighted by atomic mass is 16.4. The lowest BCUT2D eigenvalue weighted by atomic mass is 9.97. The number of aliphatic hydroxyl groups excluding tert-OH is 2. The van der Waals surface area contributed by atoms with E-state index < -0.39 is 17.7 Å². The van der Waals surface area contributed by atoms with Gasteiger partial charge in [0.25, 0.3) is 5.78 Å². The van der Waals surface area contributed by atoms with E-state index in [0.717, 1.165) is 23.1 Å². The Morgan fingerprint density at radius 3 is 1.64 bits per heavy atom. The van der Waals surface area contributed by atoms with Gasteiger partial charge in [0.2, 0.25) is 0 Å². The van der Waals surface area contributed by atoms with E-state index >= 15 is 0 Å². The van der Waals surface area contributed by atoms with Crippen LogP contribution in [0.15, 0.2) is 42.5 Å². The number of hydrogen-bond donors (Lipinski definition) is 4. The van der Waals surface area contributed by atoms with Crippen molar-refractivity contribution >= 4 is 17.7 Å². The molecule has 0 fully saturated rings. The van der Waals surface area contributed by atoms with Crippen LogP contribution in [-0.2, 0) is 4.79 Å². The van der Waals surface area contributed by atoms with Crippen molar-refractivity contribution in [3.63, 3.8) is 0 Å². The van der Waals surface area contributed by atoms with Crippen LogP contribution in [0, 0.1) is 26.7 Å². The number of hydrogen-bond acceptors (Lipinski definition) is 5. The van der Waals surface area contributed by atoms with E-state index in [9.17, 15) is 19.5 Å². The normalized spacial score (nSPS) is 11.9. The van der Waals surface area contributed by atoms with E-state index in [-0.39, 0.29) is 12.2 Å². The fraction of sp³-hybridized carbons (Fsp3) is 0.423. The van der Waals surface area contributed by atoms with E-state index in [0.29, 0.717) is 23.5 Å². The third-order valence-electron chi connectivity index (χ3n) is 4.48. The third-order valence-corrected chi connectivity index (χ3v) is 4.48. The zero-order valence-corrected chi connectivity index (χ0v) is 20.2. The molecule has 0 radical (unpaired) electrons. The van der Waals surface area contributed by atoms with E-state index in [1.807, 2.05) is 19.1 Å². The van der Waals surface area contributed by atoms with Crippen molar-refractivity contribution in [3.05, 3.63) is 70.3 Å². The summed E-state index contributed by atoms with van der Waals surface area (Å²) in [5.41, 5.74) is 3.10. The van der Waals surface area contributed by atoms with Crippen molar-refractivity contribution in [1.82, 2.24) is 0 Å². The summed E-state index contributed by atoms with van der Waals surface area (Å²) in [7, 11) is 0. The molecule has 0 saturated heterocycles. The van der Waals surface area contributed by atoms with Crippen molar-refractivity contribution in [2.75, 3.05) is 0 Å². The first kappa shape index (κ1) is 30.0. The number of carboxylic acids is 2. The van der Waals surface area contributed by atoms with Crippen LogP contribution in [0.1, 0.15) is 71.0 Å². The van der Waals surface area contributed by atoms with Crippen LogP contribution in [-0.4, -0.2) is 50.4 Å². The van der Waals surface area contributed by atoms with Gasteiger partial charge in [0.05, 0.1) is 17.8 Å². The largest absolute Gasteiger partial charge is 0.478 e. The fourth-order valence-electron chi connectivity index (χ4n) is 3.26. The summed E-state index contributed by atoms with van der Waals surface area (Å²) in [5.74, 6) is -2.61. The Bertz CT molecular complexity index is 869. The molecular formula is C26H36O7. The van der Waals surface area contributed by atoms with Gasteiger partial charge in [-0.05, 0) is 69.7 Å². The van der Waals surface area contributed by atoms with Crippen LogP contribution < -0.4 is 0 Å². The van der Waals surface area contributed by atoms with Gasteiger partial charge in [-0.2, -0.15) is 0 Å². The Hall–Kier alpha value is -3.03. The Kier molecular flexibility index (Phi) is 13.6. The molecule has 2 aromatic carbocycles. The first-order chi connectivity index (χ1) is 15.3. The van der Waals surface area contributed by atoms with Gasteiger partial charge in [0.1, 0.15) is 0 Å². The van der Waals surface area contributed by atoms with E-state index in [2.05, 4.69) is 13.8 Å². The van der Waals surface area contributed by atoms with Crippen molar-refractivity contribution in [2.45, 2.75) is 66.6 Å². The summed E-state index contributed by atoms with van der Waals surface area (Å²) < 4.78 is 0. The number of carbonyl (C=O) groups is 3. The standard InChI is InChI=1S/C11H12O3.C8H18O2.C7H6O2/c1-6-4-7(2)9(8(3)5-6)10(12)11(13)14;1-6(2)4-8(10)5-7(3)9;8-7(9)6-4-2-1-3-5-6/h4-5H,1-3H3,(H,13,14);6-10H,4-5H2,1-3H3;1-5H,(H,8,9). The van der Waals surface area contributed by atoms with Crippen LogP contribution >= 0.6 is 0 Å². The summed E-state index contributed by atoms with van der Waals surface area (Å²) >= 11 is 0. The molecule has 2 aromatic rings. The van der Waals surface area contributed by atoms with Crippen LogP contribution in [0.5, 0.6) is 0 Å². The molecule has 0 aliphatic rings. The van der Waals surface area contributed by atoms with Crippen molar-refractivity contribution in [1.29, 1.82) is 0 Å². The lowest BCUT2D eigenvalue weighted by Crippen LogP contribution is -2.16. The average molecular weight is 461 g/mol. The maximum Gasteiger partial charge on any atom is 0.377 e. The second-order valence-corrected chi connectivity index (χ2v) is 8.45. The molecule has 182 valence electrons. The first-order valence-corrected chi connectivity index (χ1v) is 10.8. The second kappa shape index (κ2) is 14.9. The number of ketones is 1. The smallest absolute Gasteiger partial charge is 0.377 e. The minimum absolute atomic E-state index is 0.308. The summed E-state index contributed by atoms with van der Waals surface area (Å²) in [5, 5.41) is 35.1. The van der Waals surface area contributed by atoms with Crippen LogP contribution in [0.2, 0.25) is 0 Å². The summed E-state index contributed by atoms with van der Waals surface area (Å²) in [6.07, 6.45) is 0.567. The van der Waals surface area contributed by atoms with Gasteiger partial charge in [0.15, 0.2) is 0 Å². The van der Waals surface area contributed by atoms with Gasteiger partial charge in [-0.15, -0.1) is 0 Å². The van der Waals surface area contributed by atoms with Crippen LogP contribution in [0.25, 0.3) is 0 Å². The maximum atomic E-state index is 11.3. The molecule has 0 saturated carbocycles. The van der Waals surface area contributed by atoms with Gasteiger partial charge in [-0.3, -0.25) is 4.79 Å². The summed E-state index contributed by atoms with van der Waals surface area (Å²) in [6, 6.07) is 11.9. The van der Waals surface area contributed by atoms with E-state index in [1.165, 1.54) is 0 Å². The number of carbonyl (C=O) groups excluding carboxylic acids is 1. The quantitative estimate of drug-likeness (QED) is 0.355. The topological polar surface area (TPSA) is 132 Å². The van der Waals surface area contributed by atoms with Gasteiger partial charge >= 0.3 is 11.9 Å². The average Bonchev–Trinajstić information content (AvgIpc) is 2.67. The molecule has 7 heteroatoms. The molecule has 2 unspecified atom stereocenters. The first-order valence-electron chi connectivity index (χ1n) is 10.8. The molecule has 0 amide bonds. The SMILES string of the molecule is CC(C)CC(O)CC(C)O.Cc1cc(C)c(C(=O)C(=O)O)c(C)c1.O=C(O)c1ccccc1. The number of Topliss-reactive ketones (excluding diaryl/α,β-unsaturated/α-hetero) is 1. The van der Waals surface area contributed by atoms with E-state index in [4.69, 9.17) is 15.3 Å². The number of carboxylic acid groups (broad SMARTS) is 2. The fourth-order valence-corrected chi connectivity index (χ4v) is 3.26. The number of benzene rings is 2. The molecule has 2 rings (SSSR count). The molecule has 0 bridgehead atoms. The van der Waals surface area contributed by atoms with E-state index in [1.54, 1.807) is 51.1 Å². The molecule has 4 N–H and O–H groups in total. The Morgan fingerprint density at radius 2 is 1.30 bits per heavy atom. The number of aryl methyl sites for hydroxylation is 3. The van der Waals surface area contributed by atoms with Gasteiger partial charge < -0.3 is 20.4 Å². The Morgan fingerprint density at radius 1 is 0.818 bits per heavy atom. The third kappa shape index (κ3) is 12.6. The molecular weight excluding hydrogens is 424 g/mol. The molecule has 0 aliphatic carbocycles. The highest BCUT2D eigenvalue weighted by Crippen LogP contribution is 2.16. The van der Waals surface area contributed by atoms with Crippen molar-refractivity contribution in [3.8, 4) is 0 Å².